The number of nitrogens with zero attached hydrogens (tertiary/aromatic N) is 1. The zero-order valence-electron chi connectivity index (χ0n) is 13.5. The predicted octanol–water partition coefficient (Wildman–Crippen LogP) is 0.610. The van der Waals surface area contributed by atoms with Crippen molar-refractivity contribution in [3.05, 3.63) is 101 Å². The topological polar surface area (TPSA) is 33.0 Å². The van der Waals surface area contributed by atoms with Crippen LogP contribution in [0, 0.1) is 0 Å². The van der Waals surface area contributed by atoms with Crippen molar-refractivity contribution >= 4 is 17.5 Å². The standard InChI is InChI=1S/C20H17ClN2O.ClH/c21-19-8-6-17(7-9-19)15-23-12-10-18(11-13-23)20(24)22-14-16-4-2-1-3-5-16;/h1-13H,14-15H2;1H. The first-order valence-electron chi connectivity index (χ1n) is 7.76. The van der Waals surface area contributed by atoms with Gasteiger partial charge in [0.15, 0.2) is 18.9 Å². The number of benzene rings is 2. The van der Waals surface area contributed by atoms with E-state index < -0.39 is 0 Å². The van der Waals surface area contributed by atoms with Crippen LogP contribution in [-0.2, 0) is 13.1 Å². The van der Waals surface area contributed by atoms with Gasteiger partial charge in [0.2, 0.25) is 0 Å². The molecule has 0 spiro atoms. The van der Waals surface area contributed by atoms with Gasteiger partial charge in [0.05, 0.1) is 5.56 Å². The second kappa shape index (κ2) is 9.21. The predicted molar refractivity (Wildman–Crippen MR) is 94.8 cm³/mol. The molecule has 1 aromatic heterocycles. The van der Waals surface area contributed by atoms with Gasteiger partial charge >= 0.3 is 0 Å². The van der Waals surface area contributed by atoms with E-state index in [4.69, 9.17) is 11.6 Å². The summed E-state index contributed by atoms with van der Waals surface area (Å²) in [6.45, 7) is 1.27. The van der Waals surface area contributed by atoms with Gasteiger partial charge in [-0.2, -0.15) is 0 Å². The summed E-state index contributed by atoms with van der Waals surface area (Å²) in [5.74, 6) is -0.0718. The molecule has 0 aliphatic rings. The van der Waals surface area contributed by atoms with Gasteiger partial charge in [0.1, 0.15) is 0 Å². The third kappa shape index (κ3) is 5.59. The molecule has 1 N–H and O–H groups in total. The van der Waals surface area contributed by atoms with E-state index in [-0.39, 0.29) is 18.3 Å². The quantitative estimate of drug-likeness (QED) is 0.654. The molecule has 128 valence electrons. The van der Waals surface area contributed by atoms with E-state index in [2.05, 4.69) is 5.32 Å². The lowest BCUT2D eigenvalue weighted by Gasteiger charge is -2.05. The van der Waals surface area contributed by atoms with E-state index in [1.807, 2.05) is 83.7 Å². The zero-order valence-corrected chi connectivity index (χ0v) is 15.0. The van der Waals surface area contributed by atoms with Crippen LogP contribution in [-0.4, -0.2) is 5.91 Å². The summed E-state index contributed by atoms with van der Waals surface area (Å²) >= 11 is 5.89. The average molecular weight is 373 g/mol. The third-order valence-electron chi connectivity index (χ3n) is 3.73. The Labute approximate surface area is 158 Å². The molecule has 0 bridgehead atoms. The molecule has 0 unspecified atom stereocenters. The minimum Gasteiger partial charge on any atom is -1.00 e. The smallest absolute Gasteiger partial charge is 0.252 e. The highest BCUT2D eigenvalue weighted by molar-refractivity contribution is 6.30. The monoisotopic (exact) mass is 372 g/mol. The first-order valence-corrected chi connectivity index (χ1v) is 8.14. The Morgan fingerprint density at radius 1 is 0.880 bits per heavy atom. The maximum Gasteiger partial charge on any atom is 0.252 e. The highest BCUT2D eigenvalue weighted by Crippen LogP contribution is 2.09. The summed E-state index contributed by atoms with van der Waals surface area (Å²) < 4.78 is 2.03. The van der Waals surface area contributed by atoms with Crippen LogP contribution >= 0.6 is 11.6 Å². The van der Waals surface area contributed by atoms with Crippen LogP contribution in [0.3, 0.4) is 0 Å². The number of carbonyl (C=O) groups excluding carboxylic acids is 1. The lowest BCUT2D eigenvalue weighted by atomic mass is 10.2. The van der Waals surface area contributed by atoms with E-state index in [0.29, 0.717) is 12.1 Å². The molecule has 0 aliphatic carbocycles. The molecular weight excluding hydrogens is 355 g/mol. The summed E-state index contributed by atoms with van der Waals surface area (Å²) in [5, 5.41) is 3.66. The molecule has 3 aromatic rings. The maximum absolute atomic E-state index is 12.2. The number of aromatic nitrogens is 1. The fraction of sp³-hybridized carbons (Fsp3) is 0.100. The third-order valence-corrected chi connectivity index (χ3v) is 3.98. The molecule has 1 heterocycles. The Bertz CT molecular complexity index is 803. The number of pyridine rings is 1. The minimum atomic E-state index is -0.0718. The van der Waals surface area contributed by atoms with Crippen LogP contribution in [0.4, 0.5) is 0 Å². The Hall–Kier alpha value is -2.36. The number of amides is 1. The molecule has 0 atom stereocenters. The number of halogens is 2. The SMILES string of the molecule is O=C(NCc1ccccc1)c1cc[n+](Cc2ccc(Cl)cc2)cc1.[Cl-]. The van der Waals surface area contributed by atoms with E-state index in [9.17, 15) is 4.79 Å². The van der Waals surface area contributed by atoms with Gasteiger partial charge in [-0.3, -0.25) is 4.79 Å². The molecule has 0 saturated heterocycles. The molecule has 0 aliphatic heterocycles. The van der Waals surface area contributed by atoms with Gasteiger partial charge in [0.25, 0.3) is 5.91 Å². The summed E-state index contributed by atoms with van der Waals surface area (Å²) in [7, 11) is 0. The maximum atomic E-state index is 12.2. The van der Waals surface area contributed by atoms with Gasteiger partial charge in [0, 0.05) is 29.3 Å². The molecule has 1 amide bonds. The highest BCUT2D eigenvalue weighted by atomic mass is 35.5. The number of nitrogens with one attached hydrogen (secondary N) is 1. The Morgan fingerprint density at radius 3 is 2.16 bits per heavy atom. The molecule has 0 fully saturated rings. The molecule has 5 heteroatoms. The fourth-order valence-corrected chi connectivity index (χ4v) is 2.52. The van der Waals surface area contributed by atoms with Gasteiger partial charge < -0.3 is 17.7 Å². The molecule has 3 nitrogen and oxygen atoms in total. The second-order valence-corrected chi connectivity index (χ2v) is 5.99. The normalized spacial score (nSPS) is 9.96. The van der Waals surface area contributed by atoms with Crippen molar-refractivity contribution in [3.63, 3.8) is 0 Å². The number of carbonyl (C=O) groups is 1. The largest absolute Gasteiger partial charge is 1.00 e. The van der Waals surface area contributed by atoms with Crippen molar-refractivity contribution in [1.82, 2.24) is 5.32 Å². The van der Waals surface area contributed by atoms with E-state index in [0.717, 1.165) is 22.7 Å². The van der Waals surface area contributed by atoms with Crippen molar-refractivity contribution in [2.75, 3.05) is 0 Å². The Kier molecular flexibility index (Phi) is 6.99. The van der Waals surface area contributed by atoms with Crippen molar-refractivity contribution in [2.45, 2.75) is 13.1 Å². The van der Waals surface area contributed by atoms with Crippen LogP contribution in [0.2, 0.25) is 5.02 Å². The average Bonchev–Trinajstić information content (AvgIpc) is 2.63. The van der Waals surface area contributed by atoms with Crippen LogP contribution < -0.4 is 22.3 Å². The summed E-state index contributed by atoms with van der Waals surface area (Å²) in [5.41, 5.74) is 2.89. The lowest BCUT2D eigenvalue weighted by Crippen LogP contribution is -3.00. The summed E-state index contributed by atoms with van der Waals surface area (Å²) in [6, 6.07) is 21.3. The van der Waals surface area contributed by atoms with E-state index in [1.54, 1.807) is 0 Å². The van der Waals surface area contributed by atoms with Gasteiger partial charge in [-0.25, -0.2) is 4.57 Å². The van der Waals surface area contributed by atoms with Crippen molar-refractivity contribution in [3.8, 4) is 0 Å². The van der Waals surface area contributed by atoms with Crippen LogP contribution in [0.5, 0.6) is 0 Å². The van der Waals surface area contributed by atoms with Gasteiger partial charge in [-0.15, -0.1) is 0 Å². The minimum absolute atomic E-state index is 0. The van der Waals surface area contributed by atoms with Gasteiger partial charge in [-0.05, 0) is 17.7 Å². The van der Waals surface area contributed by atoms with Crippen LogP contribution in [0.15, 0.2) is 79.1 Å². The Morgan fingerprint density at radius 2 is 1.52 bits per heavy atom. The summed E-state index contributed by atoms with van der Waals surface area (Å²) in [4.78, 5) is 12.2. The van der Waals surface area contributed by atoms with E-state index in [1.165, 1.54) is 0 Å². The van der Waals surface area contributed by atoms with Crippen molar-refractivity contribution in [2.24, 2.45) is 0 Å². The number of hydrogen-bond acceptors (Lipinski definition) is 1. The molecule has 3 rings (SSSR count). The second-order valence-electron chi connectivity index (χ2n) is 5.55. The lowest BCUT2D eigenvalue weighted by molar-refractivity contribution is -0.688. The Balaban J connectivity index is 0.00000225. The number of rotatable bonds is 5. The first-order chi connectivity index (χ1) is 11.7. The highest BCUT2D eigenvalue weighted by Gasteiger charge is 2.08. The first kappa shape index (κ1) is 19.0. The van der Waals surface area contributed by atoms with E-state index >= 15 is 0 Å². The van der Waals surface area contributed by atoms with Crippen molar-refractivity contribution in [1.29, 1.82) is 0 Å². The fourth-order valence-electron chi connectivity index (χ4n) is 2.40. The van der Waals surface area contributed by atoms with Crippen LogP contribution in [0.1, 0.15) is 21.5 Å². The molecular formula is C20H18Cl2N2O. The zero-order chi connectivity index (χ0) is 16.8. The van der Waals surface area contributed by atoms with Gasteiger partial charge in [-0.1, -0.05) is 54.1 Å². The van der Waals surface area contributed by atoms with Crippen molar-refractivity contribution < 1.29 is 21.8 Å². The summed E-state index contributed by atoms with van der Waals surface area (Å²) in [6.07, 6.45) is 3.82. The molecule has 25 heavy (non-hydrogen) atoms. The van der Waals surface area contributed by atoms with Crippen LogP contribution in [0.25, 0.3) is 0 Å². The molecule has 0 radical (unpaired) electrons. The molecule has 0 saturated carbocycles. The molecule has 2 aromatic carbocycles. The number of hydrogen-bond donors (Lipinski definition) is 1.